The first-order valence-corrected chi connectivity index (χ1v) is 8.46. The van der Waals surface area contributed by atoms with Gasteiger partial charge in [0.05, 0.1) is 18.6 Å². The molecule has 0 aromatic carbocycles. The highest BCUT2D eigenvalue weighted by atomic mass is 19.4. The number of likely N-dealkylation sites (tertiary alicyclic amines) is 1. The molecule has 0 aliphatic carbocycles. The summed E-state index contributed by atoms with van der Waals surface area (Å²) in [5, 5.41) is 16.4. The number of carbonyl (C=O) groups is 2. The van der Waals surface area contributed by atoms with E-state index in [2.05, 4.69) is 10.4 Å². The lowest BCUT2D eigenvalue weighted by Crippen LogP contribution is -2.54. The van der Waals surface area contributed by atoms with Gasteiger partial charge in [-0.05, 0) is 12.8 Å². The molecule has 1 fully saturated rings. The van der Waals surface area contributed by atoms with Crippen LogP contribution < -0.4 is 5.32 Å². The van der Waals surface area contributed by atoms with Crippen LogP contribution >= 0.6 is 0 Å². The van der Waals surface area contributed by atoms with Gasteiger partial charge in [-0.2, -0.15) is 18.3 Å². The maximum Gasteiger partial charge on any atom is 0.435 e. The molecule has 2 N–H and O–H groups in total. The molecule has 0 spiro atoms. The monoisotopic (exact) mass is 391 g/mol. The molecule has 2 heterocycles. The highest BCUT2D eigenvalue weighted by molar-refractivity contribution is 5.77. The van der Waals surface area contributed by atoms with E-state index in [1.807, 2.05) is 0 Å². The van der Waals surface area contributed by atoms with Crippen molar-refractivity contribution in [3.8, 4) is 0 Å². The van der Waals surface area contributed by atoms with E-state index in [1.54, 1.807) is 14.1 Å². The van der Waals surface area contributed by atoms with E-state index >= 15 is 0 Å². The molecule has 1 saturated heterocycles. The molecule has 1 aromatic rings. The average Bonchev–Trinajstić information content (AvgIpc) is 2.93. The molecule has 11 heteroatoms. The largest absolute Gasteiger partial charge is 0.435 e. The zero-order valence-corrected chi connectivity index (χ0v) is 15.5. The fraction of sp³-hybridized carbons (Fsp3) is 0.688. The van der Waals surface area contributed by atoms with E-state index in [0.717, 1.165) is 4.68 Å². The molecule has 1 atom stereocenters. The second-order valence-corrected chi connectivity index (χ2v) is 7.05. The zero-order valence-electron chi connectivity index (χ0n) is 15.5. The number of rotatable bonds is 4. The Kier molecular flexibility index (Phi) is 6.03. The van der Waals surface area contributed by atoms with Crippen molar-refractivity contribution in [3.05, 3.63) is 17.5 Å². The number of amides is 3. The summed E-state index contributed by atoms with van der Waals surface area (Å²) in [6, 6.07) is -0.595. The molecule has 8 nitrogen and oxygen atoms in total. The molecule has 3 amide bonds. The van der Waals surface area contributed by atoms with E-state index in [1.165, 1.54) is 23.0 Å². The number of aryl methyl sites for hydroxylation is 1. The Morgan fingerprint density at radius 2 is 2.07 bits per heavy atom. The lowest BCUT2D eigenvalue weighted by atomic mass is 9.89. The lowest BCUT2D eigenvalue weighted by molar-refractivity contribution is -0.142. The summed E-state index contributed by atoms with van der Waals surface area (Å²) < 4.78 is 39.9. The Morgan fingerprint density at radius 3 is 2.67 bits per heavy atom. The van der Waals surface area contributed by atoms with Gasteiger partial charge in [0.15, 0.2) is 5.69 Å². The fourth-order valence-electron chi connectivity index (χ4n) is 3.06. The molecular weight excluding hydrogens is 367 g/mol. The molecule has 0 radical (unpaired) electrons. The summed E-state index contributed by atoms with van der Waals surface area (Å²) in [7, 11) is 4.52. The number of halogens is 3. The summed E-state index contributed by atoms with van der Waals surface area (Å²) >= 11 is 0. The minimum atomic E-state index is -4.61. The molecule has 1 aliphatic heterocycles. The molecular formula is C16H24F3N5O3. The van der Waals surface area contributed by atoms with Crippen LogP contribution in [0.3, 0.4) is 0 Å². The van der Waals surface area contributed by atoms with Gasteiger partial charge in [-0.3, -0.25) is 9.48 Å². The van der Waals surface area contributed by atoms with E-state index in [-0.39, 0.29) is 31.0 Å². The predicted octanol–water partition coefficient (Wildman–Crippen LogP) is 0.954. The Hall–Kier alpha value is -2.30. The summed E-state index contributed by atoms with van der Waals surface area (Å²) in [6.07, 6.45) is -2.67. The molecule has 152 valence electrons. The van der Waals surface area contributed by atoms with Crippen molar-refractivity contribution < 1.29 is 27.9 Å². The number of piperidine rings is 1. The summed E-state index contributed by atoms with van der Waals surface area (Å²) in [5.74, 6) is -0.259. The number of aromatic nitrogens is 2. The van der Waals surface area contributed by atoms with Crippen LogP contribution in [0.4, 0.5) is 18.0 Å². The Morgan fingerprint density at radius 1 is 1.41 bits per heavy atom. The minimum Gasteiger partial charge on any atom is -0.387 e. The van der Waals surface area contributed by atoms with Crippen LogP contribution in [-0.4, -0.2) is 69.4 Å². The van der Waals surface area contributed by atoms with E-state index in [9.17, 15) is 27.9 Å². The number of β-amino-alcohol motifs (C(OH)–C–C–N with tert-alkyl or cyclic N) is 1. The normalized spacial score (nSPS) is 20.5. The second kappa shape index (κ2) is 7.75. The topological polar surface area (TPSA) is 90.7 Å². The molecule has 27 heavy (non-hydrogen) atoms. The van der Waals surface area contributed by atoms with Gasteiger partial charge in [0, 0.05) is 46.0 Å². The Balaban J connectivity index is 1.99. The van der Waals surface area contributed by atoms with Crippen LogP contribution in [0.25, 0.3) is 0 Å². The SMILES string of the molecule is CN(C)C(=O)CC1(O)CCCN(C(=O)NCc2cn(C)nc2C(F)(F)F)C1. The van der Waals surface area contributed by atoms with E-state index < -0.39 is 23.5 Å². The third-order valence-corrected chi connectivity index (χ3v) is 4.42. The van der Waals surface area contributed by atoms with Gasteiger partial charge in [-0.25, -0.2) is 4.79 Å². The third-order valence-electron chi connectivity index (χ3n) is 4.42. The fourth-order valence-corrected chi connectivity index (χ4v) is 3.06. The van der Waals surface area contributed by atoms with Crippen LogP contribution in [0, 0.1) is 0 Å². The van der Waals surface area contributed by atoms with Gasteiger partial charge in [0.2, 0.25) is 5.91 Å². The van der Waals surface area contributed by atoms with Crippen molar-refractivity contribution in [2.75, 3.05) is 27.2 Å². The quantitative estimate of drug-likeness (QED) is 0.800. The third kappa shape index (κ3) is 5.34. The smallest absolute Gasteiger partial charge is 0.387 e. The van der Waals surface area contributed by atoms with Crippen LogP contribution in [0.1, 0.15) is 30.5 Å². The molecule has 1 aromatic heterocycles. The number of hydrogen-bond acceptors (Lipinski definition) is 4. The molecule has 0 saturated carbocycles. The zero-order chi connectivity index (χ0) is 20.4. The minimum absolute atomic E-state index is 0.0580. The van der Waals surface area contributed by atoms with E-state index in [0.29, 0.717) is 19.4 Å². The van der Waals surface area contributed by atoms with Gasteiger partial charge in [0.25, 0.3) is 0 Å². The van der Waals surface area contributed by atoms with Crippen molar-refractivity contribution in [2.24, 2.45) is 7.05 Å². The van der Waals surface area contributed by atoms with Crippen molar-refractivity contribution in [1.29, 1.82) is 0 Å². The number of nitrogens with one attached hydrogen (secondary N) is 1. The predicted molar refractivity (Wildman–Crippen MR) is 89.5 cm³/mol. The second-order valence-electron chi connectivity index (χ2n) is 7.05. The maximum absolute atomic E-state index is 13.0. The van der Waals surface area contributed by atoms with E-state index in [4.69, 9.17) is 0 Å². The van der Waals surface area contributed by atoms with Crippen molar-refractivity contribution >= 4 is 11.9 Å². The average molecular weight is 391 g/mol. The summed E-state index contributed by atoms with van der Waals surface area (Å²) in [6.45, 7) is -0.0475. The van der Waals surface area contributed by atoms with Crippen LogP contribution in [0.2, 0.25) is 0 Å². The number of hydrogen-bond donors (Lipinski definition) is 2. The van der Waals surface area contributed by atoms with Crippen molar-refractivity contribution in [2.45, 2.75) is 37.6 Å². The number of alkyl halides is 3. The summed E-state index contributed by atoms with van der Waals surface area (Å²) in [4.78, 5) is 26.9. The first-order chi connectivity index (χ1) is 12.4. The standard InChI is InChI=1S/C16H24F3N5O3/c1-22(2)12(25)7-15(27)5-4-6-24(10-15)14(26)20-8-11-9-23(3)21-13(11)16(17,18)19/h9,27H,4-8,10H2,1-3H3,(H,20,26). The number of carbonyl (C=O) groups excluding carboxylic acids is 2. The van der Waals surface area contributed by atoms with Crippen LogP contribution in [0.15, 0.2) is 6.20 Å². The van der Waals surface area contributed by atoms with Crippen molar-refractivity contribution in [1.82, 2.24) is 24.9 Å². The highest BCUT2D eigenvalue weighted by Crippen LogP contribution is 2.30. The molecule has 0 bridgehead atoms. The van der Waals surface area contributed by atoms with Gasteiger partial charge in [-0.1, -0.05) is 0 Å². The molecule has 1 unspecified atom stereocenters. The number of urea groups is 1. The number of aliphatic hydroxyl groups is 1. The summed E-state index contributed by atoms with van der Waals surface area (Å²) in [5.41, 5.74) is -2.53. The first-order valence-electron chi connectivity index (χ1n) is 8.46. The first kappa shape index (κ1) is 21.0. The lowest BCUT2D eigenvalue weighted by Gasteiger charge is -2.39. The van der Waals surface area contributed by atoms with Gasteiger partial charge in [-0.15, -0.1) is 0 Å². The highest BCUT2D eigenvalue weighted by Gasteiger charge is 2.39. The van der Waals surface area contributed by atoms with Crippen LogP contribution in [-0.2, 0) is 24.6 Å². The van der Waals surface area contributed by atoms with Crippen LogP contribution in [0.5, 0.6) is 0 Å². The molecule has 2 rings (SSSR count). The maximum atomic E-state index is 13.0. The Labute approximate surface area is 154 Å². The van der Waals surface area contributed by atoms with Gasteiger partial charge >= 0.3 is 12.2 Å². The Bertz CT molecular complexity index is 704. The van der Waals surface area contributed by atoms with Gasteiger partial charge in [0.1, 0.15) is 0 Å². The molecule has 1 aliphatic rings. The number of nitrogens with zero attached hydrogens (tertiary/aromatic N) is 4. The van der Waals surface area contributed by atoms with Crippen molar-refractivity contribution in [3.63, 3.8) is 0 Å². The van der Waals surface area contributed by atoms with Gasteiger partial charge < -0.3 is 20.2 Å².